The minimum atomic E-state index is -0.614. The highest BCUT2D eigenvalue weighted by Gasteiger charge is 2.33. The van der Waals surface area contributed by atoms with Gasteiger partial charge in [-0.05, 0) is 54.8 Å². The minimum absolute atomic E-state index is 0.614. The molecule has 0 aliphatic carbocycles. The Morgan fingerprint density at radius 1 is 0.900 bits per heavy atom. The first-order valence-electron chi connectivity index (χ1n) is 10.0. The normalized spacial score (nSPS) is 17.3. The Morgan fingerprint density at radius 3 is 2.43 bits per heavy atom. The van der Waals surface area contributed by atoms with Crippen LogP contribution in [0.1, 0.15) is 18.1 Å². The van der Waals surface area contributed by atoms with Gasteiger partial charge in [0.25, 0.3) is 0 Å². The van der Waals surface area contributed by atoms with Crippen LogP contribution >= 0.6 is 0 Å². The zero-order chi connectivity index (χ0) is 20.6. The topological polar surface area (TPSA) is 54.2 Å². The first-order chi connectivity index (χ1) is 14.6. The van der Waals surface area contributed by atoms with E-state index in [4.69, 9.17) is 4.99 Å². The van der Waals surface area contributed by atoms with Gasteiger partial charge in [0.2, 0.25) is 0 Å². The summed E-state index contributed by atoms with van der Waals surface area (Å²) in [4.78, 5) is 4.70. The summed E-state index contributed by atoms with van der Waals surface area (Å²) in [5.74, 6) is 0.923. The first-order valence-corrected chi connectivity index (χ1v) is 10.0. The van der Waals surface area contributed by atoms with Gasteiger partial charge in [0, 0.05) is 5.69 Å². The second kappa shape index (κ2) is 7.19. The maximum absolute atomic E-state index is 4.70. The van der Waals surface area contributed by atoms with Crippen LogP contribution in [0.4, 0.5) is 11.5 Å². The molecule has 0 unspecified atom stereocenters. The van der Waals surface area contributed by atoms with Gasteiger partial charge >= 0.3 is 0 Å². The molecule has 30 heavy (non-hydrogen) atoms. The van der Waals surface area contributed by atoms with Gasteiger partial charge in [-0.25, -0.2) is 9.67 Å². The Balaban J connectivity index is 1.45. The predicted molar refractivity (Wildman–Crippen MR) is 123 cm³/mol. The van der Waals surface area contributed by atoms with E-state index in [0.717, 1.165) is 22.8 Å². The van der Waals surface area contributed by atoms with E-state index >= 15 is 0 Å². The van der Waals surface area contributed by atoms with E-state index in [0.29, 0.717) is 0 Å². The van der Waals surface area contributed by atoms with Crippen LogP contribution < -0.4 is 10.6 Å². The number of nitrogens with one attached hydrogen (secondary N) is 2. The molecule has 1 aliphatic rings. The van der Waals surface area contributed by atoms with E-state index in [1.165, 1.54) is 16.7 Å². The van der Waals surface area contributed by atoms with Gasteiger partial charge in [-0.3, -0.25) is 0 Å². The van der Waals surface area contributed by atoms with E-state index in [1.54, 1.807) is 6.34 Å². The molecule has 5 rings (SSSR count). The molecule has 5 nitrogen and oxygen atoms in total. The van der Waals surface area contributed by atoms with Gasteiger partial charge in [-0.1, -0.05) is 54.6 Å². The maximum atomic E-state index is 4.70. The summed E-state index contributed by atoms with van der Waals surface area (Å²) in [6.07, 6.45) is 3.62. The number of fused-ring (bicyclic) bond motifs is 1. The van der Waals surface area contributed by atoms with Crippen molar-refractivity contribution >= 4 is 17.8 Å². The predicted octanol–water partition coefficient (Wildman–Crippen LogP) is 5.59. The molecule has 0 spiro atoms. The number of aromatic nitrogens is 2. The molecule has 2 N–H and O–H groups in total. The van der Waals surface area contributed by atoms with Gasteiger partial charge in [0.15, 0.2) is 5.66 Å². The number of aryl methyl sites for hydroxylation is 1. The van der Waals surface area contributed by atoms with Gasteiger partial charge < -0.3 is 10.6 Å². The fourth-order valence-electron chi connectivity index (χ4n) is 3.85. The zero-order valence-electron chi connectivity index (χ0n) is 17.0. The van der Waals surface area contributed by atoms with Crippen molar-refractivity contribution in [3.05, 3.63) is 96.2 Å². The Labute approximate surface area is 176 Å². The molecule has 148 valence electrons. The molecule has 1 aromatic heterocycles. The monoisotopic (exact) mass is 393 g/mol. The molecular formula is C25H23N5. The average Bonchev–Trinajstić information content (AvgIpc) is 3.21. The highest BCUT2D eigenvalue weighted by Crippen LogP contribution is 2.36. The molecule has 0 bridgehead atoms. The zero-order valence-corrected chi connectivity index (χ0v) is 17.0. The van der Waals surface area contributed by atoms with Crippen LogP contribution in [-0.2, 0) is 5.66 Å². The van der Waals surface area contributed by atoms with Crippen LogP contribution in [0, 0.1) is 6.92 Å². The largest absolute Gasteiger partial charge is 0.358 e. The second-order valence-electron chi connectivity index (χ2n) is 7.70. The maximum Gasteiger partial charge on any atom is 0.159 e. The van der Waals surface area contributed by atoms with Crippen LogP contribution in [0.15, 0.2) is 90.1 Å². The molecule has 2 heterocycles. The Bertz CT molecular complexity index is 1210. The van der Waals surface area contributed by atoms with Gasteiger partial charge in [0.1, 0.15) is 5.82 Å². The third-order valence-corrected chi connectivity index (χ3v) is 5.44. The van der Waals surface area contributed by atoms with Crippen molar-refractivity contribution in [3.8, 4) is 16.8 Å². The number of rotatable bonds is 4. The summed E-state index contributed by atoms with van der Waals surface area (Å²) in [5, 5.41) is 11.5. The van der Waals surface area contributed by atoms with Crippen molar-refractivity contribution in [3.63, 3.8) is 0 Å². The molecule has 4 aromatic rings. The number of nitrogens with zero attached hydrogens (tertiary/aromatic N) is 3. The first kappa shape index (κ1) is 18.2. The smallest absolute Gasteiger partial charge is 0.159 e. The standard InChI is InChI=1S/C25H23N5/c1-18-7-6-10-22(15-18)30-24-23(16-28-30)25(2,27-17-26-24)29-21-13-11-20(12-14-21)19-8-4-3-5-9-19/h3-17,29H,1-2H3,(H,26,27)/t25-/m1/s1. The van der Waals surface area contributed by atoms with E-state index < -0.39 is 5.66 Å². The van der Waals surface area contributed by atoms with Crippen LogP contribution in [-0.4, -0.2) is 16.1 Å². The van der Waals surface area contributed by atoms with Crippen LogP contribution in [0.25, 0.3) is 16.8 Å². The summed E-state index contributed by atoms with van der Waals surface area (Å²) >= 11 is 0. The molecule has 5 heteroatoms. The Morgan fingerprint density at radius 2 is 1.67 bits per heavy atom. The molecule has 0 saturated carbocycles. The molecule has 1 aliphatic heterocycles. The van der Waals surface area contributed by atoms with E-state index in [2.05, 4.69) is 96.3 Å². The molecule has 1 atom stereocenters. The number of benzene rings is 3. The Hall–Kier alpha value is -3.86. The fourth-order valence-corrected chi connectivity index (χ4v) is 3.85. The minimum Gasteiger partial charge on any atom is -0.358 e. The number of anilines is 2. The molecular weight excluding hydrogens is 370 g/mol. The van der Waals surface area contributed by atoms with Gasteiger partial charge in [-0.2, -0.15) is 5.10 Å². The van der Waals surface area contributed by atoms with Gasteiger partial charge in [0.05, 0.1) is 23.8 Å². The third kappa shape index (κ3) is 3.24. The lowest BCUT2D eigenvalue weighted by atomic mass is 10.0. The summed E-state index contributed by atoms with van der Waals surface area (Å²) in [5.41, 5.74) is 6.00. The van der Waals surface area contributed by atoms with Crippen molar-refractivity contribution in [2.45, 2.75) is 19.5 Å². The van der Waals surface area contributed by atoms with Gasteiger partial charge in [-0.15, -0.1) is 0 Å². The fraction of sp³-hybridized carbons (Fsp3) is 0.120. The molecule has 0 saturated heterocycles. The lowest BCUT2D eigenvalue weighted by Crippen LogP contribution is -2.33. The molecule has 0 radical (unpaired) electrons. The average molecular weight is 393 g/mol. The number of hydrogen-bond donors (Lipinski definition) is 2. The van der Waals surface area contributed by atoms with Crippen LogP contribution in [0.2, 0.25) is 0 Å². The third-order valence-electron chi connectivity index (χ3n) is 5.44. The van der Waals surface area contributed by atoms with Crippen molar-refractivity contribution < 1.29 is 0 Å². The van der Waals surface area contributed by atoms with Crippen molar-refractivity contribution in [1.82, 2.24) is 9.78 Å². The SMILES string of the molecule is Cc1cccc(-n2ncc3c2NC=N[C@]3(C)Nc2ccc(-c3ccccc3)cc2)c1. The quantitative estimate of drug-likeness (QED) is 0.475. The number of hydrogen-bond acceptors (Lipinski definition) is 4. The van der Waals surface area contributed by atoms with E-state index in [9.17, 15) is 0 Å². The van der Waals surface area contributed by atoms with Crippen LogP contribution in [0.5, 0.6) is 0 Å². The van der Waals surface area contributed by atoms with E-state index in [-0.39, 0.29) is 0 Å². The van der Waals surface area contributed by atoms with Crippen LogP contribution in [0.3, 0.4) is 0 Å². The lowest BCUT2D eigenvalue weighted by molar-refractivity contribution is 0.577. The summed E-state index contributed by atoms with van der Waals surface area (Å²) in [6, 6.07) is 27.1. The molecule has 3 aromatic carbocycles. The van der Waals surface area contributed by atoms with Crippen molar-refractivity contribution in [1.29, 1.82) is 0 Å². The van der Waals surface area contributed by atoms with Crippen molar-refractivity contribution in [2.75, 3.05) is 10.6 Å². The Kier molecular flexibility index (Phi) is 4.36. The number of aliphatic imine (C=N–C) groups is 1. The summed E-state index contributed by atoms with van der Waals surface area (Å²) in [7, 11) is 0. The van der Waals surface area contributed by atoms with Crippen molar-refractivity contribution in [2.24, 2.45) is 4.99 Å². The van der Waals surface area contributed by atoms with E-state index in [1.807, 2.05) is 23.0 Å². The highest BCUT2D eigenvalue weighted by atomic mass is 15.4. The molecule has 0 amide bonds. The highest BCUT2D eigenvalue weighted by molar-refractivity contribution is 5.81. The summed E-state index contributed by atoms with van der Waals surface area (Å²) in [6.45, 7) is 4.15. The summed E-state index contributed by atoms with van der Waals surface area (Å²) < 4.78 is 1.92. The lowest BCUT2D eigenvalue weighted by Gasteiger charge is -2.31. The second-order valence-corrected chi connectivity index (χ2v) is 7.70. The molecule has 0 fully saturated rings.